The van der Waals surface area contributed by atoms with E-state index >= 15 is 0 Å². The molecule has 0 saturated heterocycles. The first-order valence-electron chi connectivity index (χ1n) is 6.25. The number of allylic oxidation sites excluding steroid dienone is 1. The number of carbonyl (C=O) groups is 1. The van der Waals surface area contributed by atoms with E-state index in [1.54, 1.807) is 13.2 Å². The highest BCUT2D eigenvalue weighted by Crippen LogP contribution is 2.19. The van der Waals surface area contributed by atoms with Gasteiger partial charge >= 0.3 is 0 Å². The fraction of sp³-hybridized carbons (Fsp3) is 0.125. The zero-order valence-electron chi connectivity index (χ0n) is 11.2. The van der Waals surface area contributed by atoms with Gasteiger partial charge in [-0.1, -0.05) is 42.5 Å². The highest BCUT2D eigenvalue weighted by molar-refractivity contribution is 5.91. The number of rotatable bonds is 5. The monoisotopic (exact) mass is 268 g/mol. The van der Waals surface area contributed by atoms with E-state index in [-0.39, 0.29) is 5.69 Å². The van der Waals surface area contributed by atoms with Gasteiger partial charge in [0.15, 0.2) is 0 Å². The van der Waals surface area contributed by atoms with Crippen LogP contribution < -0.4 is 10.5 Å². The molecule has 1 amide bonds. The zero-order valence-corrected chi connectivity index (χ0v) is 11.2. The predicted octanol–water partition coefficient (Wildman–Crippen LogP) is 2.45. The molecule has 0 aliphatic rings. The van der Waals surface area contributed by atoms with Crippen LogP contribution in [0.4, 0.5) is 0 Å². The summed E-state index contributed by atoms with van der Waals surface area (Å²) in [5.41, 5.74) is 7.45. The lowest BCUT2D eigenvalue weighted by Gasteiger charge is -2.05. The molecular weight excluding hydrogens is 252 g/mol. The van der Waals surface area contributed by atoms with Crippen LogP contribution in [-0.4, -0.2) is 18.0 Å². The Bertz CT molecular complexity index is 622. The number of nitrogens with zero attached hydrogens (tertiary/aromatic N) is 1. The number of hydrogen-bond donors (Lipinski definition) is 1. The molecular formula is C16H16N2O2. The maximum Gasteiger partial charge on any atom is 0.267 e. The van der Waals surface area contributed by atoms with E-state index in [1.807, 2.05) is 30.4 Å². The largest absolute Gasteiger partial charge is 0.495 e. The van der Waals surface area contributed by atoms with Gasteiger partial charge in [0.05, 0.1) is 13.3 Å². The van der Waals surface area contributed by atoms with E-state index in [0.29, 0.717) is 5.75 Å². The number of nitrogens with two attached hydrogens (primary N) is 1. The summed E-state index contributed by atoms with van der Waals surface area (Å²) in [5.74, 6) is 0.0599. The van der Waals surface area contributed by atoms with Crippen LogP contribution in [0.1, 0.15) is 21.6 Å². The fourth-order valence-corrected chi connectivity index (χ4v) is 1.83. The van der Waals surface area contributed by atoms with Gasteiger partial charge < -0.3 is 10.5 Å². The second-order valence-corrected chi connectivity index (χ2v) is 4.27. The second-order valence-electron chi connectivity index (χ2n) is 4.27. The molecule has 0 fully saturated rings. The molecule has 0 saturated carbocycles. The molecule has 2 aromatic rings. The molecule has 0 spiro atoms. The average molecular weight is 268 g/mol. The van der Waals surface area contributed by atoms with Crippen molar-refractivity contribution >= 4 is 12.0 Å². The Kier molecular flexibility index (Phi) is 4.50. The summed E-state index contributed by atoms with van der Waals surface area (Å²) in [6.07, 6.45) is 6.22. The van der Waals surface area contributed by atoms with E-state index in [4.69, 9.17) is 10.5 Å². The van der Waals surface area contributed by atoms with Gasteiger partial charge in [-0.3, -0.25) is 4.79 Å². The van der Waals surface area contributed by atoms with Crippen LogP contribution >= 0.6 is 0 Å². The summed E-state index contributed by atoms with van der Waals surface area (Å²) in [6, 6.07) is 11.7. The van der Waals surface area contributed by atoms with Crippen molar-refractivity contribution in [3.05, 3.63) is 65.5 Å². The molecule has 1 aromatic carbocycles. The minimum Gasteiger partial charge on any atom is -0.495 e. The first-order valence-corrected chi connectivity index (χ1v) is 6.25. The minimum absolute atomic E-state index is 0.227. The van der Waals surface area contributed by atoms with Crippen molar-refractivity contribution in [3.63, 3.8) is 0 Å². The summed E-state index contributed by atoms with van der Waals surface area (Å²) in [6.45, 7) is 0. The van der Waals surface area contributed by atoms with Gasteiger partial charge in [0.2, 0.25) is 0 Å². The van der Waals surface area contributed by atoms with Crippen LogP contribution in [0, 0.1) is 0 Å². The number of pyridine rings is 1. The molecule has 4 heteroatoms. The number of aromatic nitrogens is 1. The number of primary amides is 1. The van der Waals surface area contributed by atoms with E-state index < -0.39 is 5.91 Å². The Morgan fingerprint density at radius 3 is 2.75 bits per heavy atom. The van der Waals surface area contributed by atoms with Gasteiger partial charge in [-0.25, -0.2) is 4.98 Å². The first-order chi connectivity index (χ1) is 9.70. The van der Waals surface area contributed by atoms with E-state index in [1.165, 1.54) is 11.8 Å². The number of methoxy groups -OCH3 is 1. The molecule has 102 valence electrons. The maximum atomic E-state index is 11.1. The predicted molar refractivity (Wildman–Crippen MR) is 78.5 cm³/mol. The van der Waals surface area contributed by atoms with Crippen molar-refractivity contribution in [2.75, 3.05) is 7.11 Å². The average Bonchev–Trinajstić information content (AvgIpc) is 2.48. The summed E-state index contributed by atoms with van der Waals surface area (Å²) in [7, 11) is 1.56. The Hall–Kier alpha value is -2.62. The SMILES string of the molecule is COc1cnc(C(N)=O)cc1/C=C/Cc1ccccc1. The molecule has 20 heavy (non-hydrogen) atoms. The van der Waals surface area contributed by atoms with Crippen molar-refractivity contribution in [3.8, 4) is 5.75 Å². The third-order valence-electron chi connectivity index (χ3n) is 2.86. The number of benzene rings is 1. The molecule has 1 heterocycles. The van der Waals surface area contributed by atoms with Gasteiger partial charge in [0.25, 0.3) is 5.91 Å². The van der Waals surface area contributed by atoms with Crippen molar-refractivity contribution in [2.45, 2.75) is 6.42 Å². The quantitative estimate of drug-likeness (QED) is 0.905. The Balaban J connectivity index is 2.18. The van der Waals surface area contributed by atoms with Crippen molar-refractivity contribution in [2.24, 2.45) is 5.73 Å². The van der Waals surface area contributed by atoms with E-state index in [9.17, 15) is 4.79 Å². The van der Waals surface area contributed by atoms with Crippen LogP contribution in [0.2, 0.25) is 0 Å². The topological polar surface area (TPSA) is 65.2 Å². The van der Waals surface area contributed by atoms with Gasteiger partial charge in [0.1, 0.15) is 11.4 Å². The molecule has 0 aliphatic carbocycles. The Morgan fingerprint density at radius 2 is 2.10 bits per heavy atom. The van der Waals surface area contributed by atoms with Crippen LogP contribution in [0.25, 0.3) is 6.08 Å². The van der Waals surface area contributed by atoms with Crippen LogP contribution in [0.5, 0.6) is 5.75 Å². The number of ether oxygens (including phenoxy) is 1. The third kappa shape index (κ3) is 3.45. The standard InChI is InChI=1S/C16H16N2O2/c1-20-15-11-18-14(16(17)19)10-13(15)9-5-8-12-6-3-2-4-7-12/h2-7,9-11H,8H2,1H3,(H2,17,19)/b9-5+. The highest BCUT2D eigenvalue weighted by Gasteiger charge is 2.06. The van der Waals surface area contributed by atoms with Gasteiger partial charge in [-0.15, -0.1) is 0 Å². The molecule has 2 N–H and O–H groups in total. The summed E-state index contributed by atoms with van der Waals surface area (Å²) in [4.78, 5) is 15.1. The molecule has 2 rings (SSSR count). The minimum atomic E-state index is -0.551. The third-order valence-corrected chi connectivity index (χ3v) is 2.86. The van der Waals surface area contributed by atoms with Crippen molar-refractivity contribution in [1.29, 1.82) is 0 Å². The van der Waals surface area contributed by atoms with Crippen LogP contribution in [0.15, 0.2) is 48.7 Å². The fourth-order valence-electron chi connectivity index (χ4n) is 1.83. The van der Waals surface area contributed by atoms with Crippen molar-refractivity contribution in [1.82, 2.24) is 4.98 Å². The molecule has 0 aliphatic heterocycles. The summed E-state index contributed by atoms with van der Waals surface area (Å²) < 4.78 is 5.22. The molecule has 0 bridgehead atoms. The second kappa shape index (κ2) is 6.52. The lowest BCUT2D eigenvalue weighted by atomic mass is 10.1. The molecule has 0 unspecified atom stereocenters. The van der Waals surface area contributed by atoms with Crippen molar-refractivity contribution < 1.29 is 9.53 Å². The lowest BCUT2D eigenvalue weighted by Crippen LogP contribution is -2.13. The highest BCUT2D eigenvalue weighted by atomic mass is 16.5. The smallest absolute Gasteiger partial charge is 0.267 e. The number of amides is 1. The lowest BCUT2D eigenvalue weighted by molar-refractivity contribution is 0.0995. The Morgan fingerprint density at radius 1 is 1.35 bits per heavy atom. The zero-order chi connectivity index (χ0) is 14.4. The molecule has 1 aromatic heterocycles. The summed E-state index contributed by atoms with van der Waals surface area (Å²) in [5, 5.41) is 0. The molecule has 4 nitrogen and oxygen atoms in total. The van der Waals surface area contributed by atoms with Gasteiger partial charge in [-0.2, -0.15) is 0 Å². The number of carbonyl (C=O) groups excluding carboxylic acids is 1. The molecule has 0 radical (unpaired) electrons. The van der Waals surface area contributed by atoms with Gasteiger partial charge in [0, 0.05) is 5.56 Å². The first kappa shape index (κ1) is 13.8. The number of hydrogen-bond acceptors (Lipinski definition) is 3. The van der Waals surface area contributed by atoms with Crippen LogP contribution in [-0.2, 0) is 6.42 Å². The Labute approximate surface area is 117 Å². The van der Waals surface area contributed by atoms with Crippen LogP contribution in [0.3, 0.4) is 0 Å². The maximum absolute atomic E-state index is 11.1. The van der Waals surface area contributed by atoms with E-state index in [2.05, 4.69) is 17.1 Å². The summed E-state index contributed by atoms with van der Waals surface area (Å²) >= 11 is 0. The normalized spacial score (nSPS) is 10.7. The molecule has 0 atom stereocenters. The van der Waals surface area contributed by atoms with E-state index in [0.717, 1.165) is 12.0 Å². The van der Waals surface area contributed by atoms with Gasteiger partial charge in [-0.05, 0) is 18.1 Å².